The molecule has 0 unspecified atom stereocenters. The van der Waals surface area contributed by atoms with Crippen molar-refractivity contribution < 1.29 is 23.5 Å². The first-order chi connectivity index (χ1) is 16.8. The third-order valence-electron chi connectivity index (χ3n) is 7.34. The number of H-pyrrole nitrogens is 1. The highest BCUT2D eigenvalue weighted by atomic mass is 19.1. The highest BCUT2D eigenvalue weighted by Crippen LogP contribution is 2.48. The maximum atomic E-state index is 15.3. The molecule has 1 spiro atoms. The number of ketones is 1. The number of fused-ring (bicyclic) bond motifs is 3. The highest BCUT2D eigenvalue weighted by molar-refractivity contribution is 6.02. The maximum Gasteiger partial charge on any atom is 0.344 e. The summed E-state index contributed by atoms with van der Waals surface area (Å²) in [5, 5.41) is 0. The lowest BCUT2D eigenvalue weighted by Gasteiger charge is -2.40. The van der Waals surface area contributed by atoms with Gasteiger partial charge in [0.1, 0.15) is 17.4 Å². The molecule has 0 atom stereocenters. The quantitative estimate of drug-likeness (QED) is 0.645. The molecule has 9 nitrogen and oxygen atoms in total. The van der Waals surface area contributed by atoms with Gasteiger partial charge in [-0.2, -0.15) is 4.98 Å². The van der Waals surface area contributed by atoms with Gasteiger partial charge in [0.2, 0.25) is 5.95 Å². The fourth-order valence-electron chi connectivity index (χ4n) is 5.60. The molecular formula is C25H29FN4O5. The second kappa shape index (κ2) is 8.98. The second-order valence-corrected chi connectivity index (χ2v) is 9.51. The van der Waals surface area contributed by atoms with E-state index < -0.39 is 17.2 Å². The number of aromatic nitrogens is 2. The minimum absolute atomic E-state index is 0.111. The van der Waals surface area contributed by atoms with Crippen molar-refractivity contribution in [3.05, 3.63) is 45.0 Å². The molecule has 2 aliphatic heterocycles. The lowest BCUT2D eigenvalue weighted by atomic mass is 9.73. The summed E-state index contributed by atoms with van der Waals surface area (Å²) in [6.45, 7) is 3.51. The minimum Gasteiger partial charge on any atom is -0.482 e. The smallest absolute Gasteiger partial charge is 0.344 e. The van der Waals surface area contributed by atoms with Crippen molar-refractivity contribution in [2.24, 2.45) is 0 Å². The van der Waals surface area contributed by atoms with Crippen LogP contribution in [0.2, 0.25) is 0 Å². The van der Waals surface area contributed by atoms with Gasteiger partial charge in [-0.1, -0.05) is 0 Å². The predicted molar refractivity (Wildman–Crippen MR) is 127 cm³/mol. The normalized spacial score (nSPS) is 18.4. The first kappa shape index (κ1) is 23.3. The van der Waals surface area contributed by atoms with Gasteiger partial charge in [0, 0.05) is 55.7 Å². The Bertz CT molecular complexity index is 1240. The lowest BCUT2D eigenvalue weighted by Crippen LogP contribution is -2.44. The Balaban J connectivity index is 1.35. The van der Waals surface area contributed by atoms with Crippen LogP contribution in [0.25, 0.3) is 0 Å². The Hall–Kier alpha value is -3.43. The van der Waals surface area contributed by atoms with Gasteiger partial charge in [0.25, 0.3) is 5.56 Å². The van der Waals surface area contributed by atoms with E-state index in [9.17, 15) is 14.4 Å². The molecule has 3 heterocycles. The monoisotopic (exact) mass is 484 g/mol. The van der Waals surface area contributed by atoms with Crippen molar-refractivity contribution in [3.63, 3.8) is 0 Å². The molecule has 0 radical (unpaired) electrons. The number of Topliss-reactive ketones (excluding diaryl/α,β-unsaturated/α-hetero) is 1. The molecule has 3 aliphatic rings. The Morgan fingerprint density at radius 2 is 2.00 bits per heavy atom. The van der Waals surface area contributed by atoms with E-state index in [0.29, 0.717) is 48.6 Å². The Labute approximate surface area is 202 Å². The van der Waals surface area contributed by atoms with E-state index in [1.54, 1.807) is 6.92 Å². The molecule has 1 saturated heterocycles. The van der Waals surface area contributed by atoms with Gasteiger partial charge in [0.05, 0.1) is 12.2 Å². The standard InChI is InChI=1S/C25H29FN4O5/c1-3-34-20(32)14-35-15-11-17-19(31)13-25(21(17)18(26)12-15)6-9-30(10-7-25)24-27-22-16(23(33)28-24)5-4-8-29(22)2/h11-12H,3-10,13-14H2,1-2H3,(H,27,28,33). The summed E-state index contributed by atoms with van der Waals surface area (Å²) in [5.41, 5.74) is 0.753. The molecule has 1 aromatic heterocycles. The number of ether oxygens (including phenoxy) is 2. The number of hydrogen-bond donors (Lipinski definition) is 1. The topological polar surface area (TPSA) is 105 Å². The maximum absolute atomic E-state index is 15.3. The van der Waals surface area contributed by atoms with Crippen LogP contribution < -0.4 is 20.1 Å². The number of nitrogens with one attached hydrogen (secondary N) is 1. The third-order valence-corrected chi connectivity index (χ3v) is 7.34. The molecule has 1 aromatic carbocycles. The lowest BCUT2D eigenvalue weighted by molar-refractivity contribution is -0.145. The number of nitrogens with zero attached hydrogens (tertiary/aromatic N) is 3. The molecule has 0 saturated carbocycles. The molecule has 10 heteroatoms. The van der Waals surface area contributed by atoms with E-state index in [4.69, 9.17) is 14.5 Å². The van der Waals surface area contributed by atoms with Gasteiger partial charge < -0.3 is 19.3 Å². The summed E-state index contributed by atoms with van der Waals surface area (Å²) in [5.74, 6) is 0.197. The molecule has 2 aromatic rings. The van der Waals surface area contributed by atoms with E-state index in [1.807, 2.05) is 16.8 Å². The Morgan fingerprint density at radius 3 is 2.74 bits per heavy atom. The van der Waals surface area contributed by atoms with Crippen LogP contribution in [0.1, 0.15) is 54.1 Å². The molecular weight excluding hydrogens is 455 g/mol. The molecule has 5 rings (SSSR count). The SMILES string of the molecule is CCOC(=O)COc1cc(F)c2c(c1)C(=O)CC21CCN(c2nc3c(c(=O)[nH]2)CCCN3C)CC1. The third kappa shape index (κ3) is 4.15. The Kier molecular flexibility index (Phi) is 5.98. The zero-order valence-electron chi connectivity index (χ0n) is 20.0. The first-order valence-electron chi connectivity index (χ1n) is 12.1. The van der Waals surface area contributed by atoms with Crippen molar-refractivity contribution in [2.45, 2.75) is 44.4 Å². The fraction of sp³-hybridized carbons (Fsp3) is 0.520. The van der Waals surface area contributed by atoms with E-state index in [1.165, 1.54) is 12.1 Å². The second-order valence-electron chi connectivity index (χ2n) is 9.51. The van der Waals surface area contributed by atoms with Crippen molar-refractivity contribution in [2.75, 3.05) is 49.7 Å². The molecule has 1 aliphatic carbocycles. The van der Waals surface area contributed by atoms with Gasteiger partial charge in [0.15, 0.2) is 12.4 Å². The molecule has 1 fully saturated rings. The van der Waals surface area contributed by atoms with Crippen LogP contribution in [0.15, 0.2) is 16.9 Å². The number of esters is 1. The summed E-state index contributed by atoms with van der Waals surface area (Å²) in [4.78, 5) is 48.8. The zero-order chi connectivity index (χ0) is 24.7. The summed E-state index contributed by atoms with van der Waals surface area (Å²) < 4.78 is 25.5. The number of halogens is 1. The van der Waals surface area contributed by atoms with Crippen molar-refractivity contribution in [3.8, 4) is 5.75 Å². The van der Waals surface area contributed by atoms with Crippen molar-refractivity contribution in [1.29, 1.82) is 0 Å². The number of rotatable bonds is 5. The zero-order valence-corrected chi connectivity index (χ0v) is 20.0. The average molecular weight is 485 g/mol. The molecule has 0 amide bonds. The number of piperidine rings is 1. The largest absolute Gasteiger partial charge is 0.482 e. The number of aromatic amines is 1. The minimum atomic E-state index is -0.599. The van der Waals surface area contributed by atoms with Crippen LogP contribution in [-0.2, 0) is 21.4 Å². The van der Waals surface area contributed by atoms with Gasteiger partial charge in [-0.15, -0.1) is 0 Å². The number of carbonyl (C=O) groups excluding carboxylic acids is 2. The highest BCUT2D eigenvalue weighted by Gasteiger charge is 2.47. The predicted octanol–water partition coefficient (Wildman–Crippen LogP) is 2.36. The Morgan fingerprint density at radius 1 is 1.23 bits per heavy atom. The summed E-state index contributed by atoms with van der Waals surface area (Å²) in [7, 11) is 1.94. The fourth-order valence-corrected chi connectivity index (χ4v) is 5.60. The van der Waals surface area contributed by atoms with E-state index >= 15 is 4.39 Å². The van der Waals surface area contributed by atoms with Crippen molar-refractivity contribution >= 4 is 23.5 Å². The summed E-state index contributed by atoms with van der Waals surface area (Å²) in [6.07, 6.45) is 2.99. The van der Waals surface area contributed by atoms with Gasteiger partial charge in [-0.05, 0) is 38.7 Å². The van der Waals surface area contributed by atoms with E-state index in [0.717, 1.165) is 25.2 Å². The van der Waals surface area contributed by atoms with Crippen LogP contribution in [0.5, 0.6) is 5.75 Å². The van der Waals surface area contributed by atoms with E-state index in [2.05, 4.69) is 4.98 Å². The van der Waals surface area contributed by atoms with Gasteiger partial charge >= 0.3 is 5.97 Å². The molecule has 35 heavy (non-hydrogen) atoms. The van der Waals surface area contributed by atoms with E-state index in [-0.39, 0.29) is 36.7 Å². The van der Waals surface area contributed by atoms with Crippen LogP contribution in [0.4, 0.5) is 16.2 Å². The summed E-state index contributed by atoms with van der Waals surface area (Å²) in [6, 6.07) is 2.77. The van der Waals surface area contributed by atoms with Crippen LogP contribution in [0.3, 0.4) is 0 Å². The molecule has 186 valence electrons. The number of benzene rings is 1. The van der Waals surface area contributed by atoms with Gasteiger partial charge in [-0.25, -0.2) is 9.18 Å². The molecule has 1 N–H and O–H groups in total. The van der Waals surface area contributed by atoms with Crippen LogP contribution >= 0.6 is 0 Å². The van der Waals surface area contributed by atoms with Crippen LogP contribution in [-0.4, -0.2) is 61.6 Å². The number of hydrogen-bond acceptors (Lipinski definition) is 8. The van der Waals surface area contributed by atoms with Crippen molar-refractivity contribution in [1.82, 2.24) is 9.97 Å². The number of anilines is 2. The first-order valence-corrected chi connectivity index (χ1v) is 12.1. The molecule has 0 bridgehead atoms. The summed E-state index contributed by atoms with van der Waals surface area (Å²) >= 11 is 0. The van der Waals surface area contributed by atoms with Crippen LogP contribution in [0, 0.1) is 5.82 Å². The van der Waals surface area contributed by atoms with Gasteiger partial charge in [-0.3, -0.25) is 14.6 Å². The average Bonchev–Trinajstić information content (AvgIpc) is 3.10. The number of carbonyl (C=O) groups is 2.